The predicted molar refractivity (Wildman–Crippen MR) is 73.3 cm³/mol. The summed E-state index contributed by atoms with van der Waals surface area (Å²) in [5.74, 6) is 1.74. The highest BCUT2D eigenvalue weighted by Crippen LogP contribution is 2.24. The number of fused-ring (bicyclic) bond motifs is 1. The quantitative estimate of drug-likeness (QED) is 0.749. The number of aromatic amines is 1. The summed E-state index contributed by atoms with van der Waals surface area (Å²) in [7, 11) is 0. The second kappa shape index (κ2) is 4.75. The van der Waals surface area contributed by atoms with Gasteiger partial charge in [0.05, 0.1) is 16.8 Å². The number of imidazole rings is 1. The molecule has 0 amide bonds. The van der Waals surface area contributed by atoms with Crippen molar-refractivity contribution >= 4 is 50.1 Å². The van der Waals surface area contributed by atoms with Crippen molar-refractivity contribution in [2.24, 2.45) is 0 Å². The van der Waals surface area contributed by atoms with Crippen LogP contribution in [0.3, 0.4) is 0 Å². The van der Waals surface area contributed by atoms with Gasteiger partial charge in [0.2, 0.25) is 0 Å². The Labute approximate surface area is 114 Å². The fourth-order valence-corrected chi connectivity index (χ4v) is 3.18. The van der Waals surface area contributed by atoms with E-state index in [2.05, 4.69) is 36.1 Å². The zero-order chi connectivity index (χ0) is 11.7. The monoisotopic (exact) mass is 326 g/mol. The molecule has 86 valence electrons. The van der Waals surface area contributed by atoms with Crippen molar-refractivity contribution in [3.8, 4) is 0 Å². The minimum absolute atomic E-state index is 0.779. The number of aromatic nitrogens is 4. The molecule has 1 N–H and O–H groups in total. The molecule has 0 aliphatic carbocycles. The van der Waals surface area contributed by atoms with E-state index >= 15 is 0 Å². The number of rotatable bonds is 3. The van der Waals surface area contributed by atoms with Gasteiger partial charge in [-0.05, 0) is 18.2 Å². The number of hydrogen-bond acceptors (Lipinski definition) is 5. The first-order valence-corrected chi connectivity index (χ1v) is 7.50. The van der Waals surface area contributed by atoms with E-state index < -0.39 is 0 Å². The Morgan fingerprint density at radius 3 is 3.18 bits per heavy atom. The van der Waals surface area contributed by atoms with Crippen molar-refractivity contribution in [2.75, 3.05) is 0 Å². The van der Waals surface area contributed by atoms with Crippen LogP contribution in [0.25, 0.3) is 11.0 Å². The molecule has 1 aromatic carbocycles. The van der Waals surface area contributed by atoms with Crippen molar-refractivity contribution in [3.05, 3.63) is 34.0 Å². The SMILES string of the molecule is Brc1ccc2nc(CSc3nncs3)[nH]c2c1. The summed E-state index contributed by atoms with van der Waals surface area (Å²) in [6.45, 7) is 0. The predicted octanol–water partition coefficient (Wildman–Crippen LogP) is 3.47. The molecule has 0 atom stereocenters. The van der Waals surface area contributed by atoms with Gasteiger partial charge in [-0.3, -0.25) is 0 Å². The Kier molecular flexibility index (Phi) is 3.13. The van der Waals surface area contributed by atoms with Crippen LogP contribution in [0.2, 0.25) is 0 Å². The number of nitrogens with one attached hydrogen (secondary N) is 1. The van der Waals surface area contributed by atoms with Gasteiger partial charge in [-0.2, -0.15) is 0 Å². The lowest BCUT2D eigenvalue weighted by atomic mass is 10.3. The maximum Gasteiger partial charge on any atom is 0.174 e. The molecule has 0 spiro atoms. The second-order valence-electron chi connectivity index (χ2n) is 3.34. The van der Waals surface area contributed by atoms with E-state index in [0.717, 1.165) is 31.4 Å². The highest BCUT2D eigenvalue weighted by atomic mass is 79.9. The summed E-state index contributed by atoms with van der Waals surface area (Å²) in [6, 6.07) is 6.02. The maximum atomic E-state index is 4.51. The molecule has 3 aromatic rings. The van der Waals surface area contributed by atoms with Crippen LogP contribution in [0.1, 0.15) is 5.82 Å². The van der Waals surface area contributed by atoms with Crippen molar-refractivity contribution in [1.82, 2.24) is 20.2 Å². The third-order valence-corrected chi connectivity index (χ3v) is 4.53. The highest BCUT2D eigenvalue weighted by molar-refractivity contribution is 9.10. The fourth-order valence-electron chi connectivity index (χ4n) is 1.46. The topological polar surface area (TPSA) is 54.5 Å². The summed E-state index contributed by atoms with van der Waals surface area (Å²) >= 11 is 6.62. The summed E-state index contributed by atoms with van der Waals surface area (Å²) in [5.41, 5.74) is 3.77. The molecular weight excluding hydrogens is 320 g/mol. The molecule has 0 unspecified atom stereocenters. The Bertz CT molecular complexity index is 635. The van der Waals surface area contributed by atoms with E-state index in [1.807, 2.05) is 18.2 Å². The molecule has 2 aromatic heterocycles. The maximum absolute atomic E-state index is 4.51. The first kappa shape index (κ1) is 11.2. The van der Waals surface area contributed by atoms with Gasteiger partial charge >= 0.3 is 0 Å². The Hall–Kier alpha value is -0.920. The van der Waals surface area contributed by atoms with Crippen LogP contribution in [-0.4, -0.2) is 20.2 Å². The number of halogens is 1. The molecule has 0 saturated carbocycles. The fraction of sp³-hybridized carbons (Fsp3) is 0.100. The van der Waals surface area contributed by atoms with E-state index in [0.29, 0.717) is 0 Å². The molecule has 4 nitrogen and oxygen atoms in total. The van der Waals surface area contributed by atoms with Gasteiger partial charge in [-0.15, -0.1) is 10.2 Å². The Morgan fingerprint density at radius 2 is 2.35 bits per heavy atom. The lowest BCUT2D eigenvalue weighted by Gasteiger charge is -1.91. The van der Waals surface area contributed by atoms with E-state index in [-0.39, 0.29) is 0 Å². The van der Waals surface area contributed by atoms with Crippen molar-refractivity contribution in [3.63, 3.8) is 0 Å². The standard InChI is InChI=1S/C10H7BrN4S2/c11-6-1-2-7-8(3-6)14-9(13-7)4-16-10-15-12-5-17-10/h1-3,5H,4H2,(H,13,14). The third kappa shape index (κ3) is 2.51. The summed E-state index contributed by atoms with van der Waals surface area (Å²) < 4.78 is 2.02. The van der Waals surface area contributed by atoms with Crippen LogP contribution in [0, 0.1) is 0 Å². The van der Waals surface area contributed by atoms with Crippen LogP contribution in [0.5, 0.6) is 0 Å². The average Bonchev–Trinajstić information content (AvgIpc) is 2.94. The second-order valence-corrected chi connectivity index (χ2v) is 6.31. The van der Waals surface area contributed by atoms with E-state index in [4.69, 9.17) is 0 Å². The van der Waals surface area contributed by atoms with Gasteiger partial charge in [0, 0.05) is 4.47 Å². The lowest BCUT2D eigenvalue weighted by Crippen LogP contribution is -1.82. The average molecular weight is 327 g/mol. The van der Waals surface area contributed by atoms with E-state index in [9.17, 15) is 0 Å². The van der Waals surface area contributed by atoms with Crippen LogP contribution in [0.4, 0.5) is 0 Å². The first-order chi connectivity index (χ1) is 8.31. The smallest absolute Gasteiger partial charge is 0.174 e. The zero-order valence-electron chi connectivity index (χ0n) is 8.55. The molecule has 0 bridgehead atoms. The molecule has 0 radical (unpaired) electrons. The molecule has 7 heteroatoms. The molecule has 0 saturated heterocycles. The molecule has 0 aliphatic heterocycles. The summed E-state index contributed by atoms with van der Waals surface area (Å²) in [6.07, 6.45) is 0. The van der Waals surface area contributed by atoms with Crippen LogP contribution in [-0.2, 0) is 5.75 Å². The molecule has 0 aliphatic rings. The first-order valence-electron chi connectivity index (χ1n) is 4.84. The Balaban J connectivity index is 1.81. The van der Waals surface area contributed by atoms with Gasteiger partial charge in [-0.1, -0.05) is 39.0 Å². The minimum Gasteiger partial charge on any atom is -0.341 e. The lowest BCUT2D eigenvalue weighted by molar-refractivity contribution is 1.01. The highest BCUT2D eigenvalue weighted by Gasteiger charge is 2.05. The van der Waals surface area contributed by atoms with Gasteiger partial charge in [-0.25, -0.2) is 4.98 Å². The van der Waals surface area contributed by atoms with Crippen molar-refractivity contribution in [1.29, 1.82) is 0 Å². The molecule has 3 rings (SSSR count). The van der Waals surface area contributed by atoms with Gasteiger partial charge < -0.3 is 4.98 Å². The molecule has 2 heterocycles. The summed E-state index contributed by atoms with van der Waals surface area (Å²) in [4.78, 5) is 7.81. The zero-order valence-corrected chi connectivity index (χ0v) is 11.8. The van der Waals surface area contributed by atoms with E-state index in [1.165, 1.54) is 0 Å². The molecular formula is C10H7BrN4S2. The number of nitrogens with zero attached hydrogens (tertiary/aromatic N) is 3. The van der Waals surface area contributed by atoms with Gasteiger partial charge in [0.25, 0.3) is 0 Å². The van der Waals surface area contributed by atoms with Crippen LogP contribution < -0.4 is 0 Å². The van der Waals surface area contributed by atoms with E-state index in [1.54, 1.807) is 28.6 Å². The minimum atomic E-state index is 0.779. The number of thioether (sulfide) groups is 1. The largest absolute Gasteiger partial charge is 0.341 e. The normalized spacial score (nSPS) is 11.1. The Morgan fingerprint density at radius 1 is 1.41 bits per heavy atom. The van der Waals surface area contributed by atoms with Crippen LogP contribution >= 0.6 is 39.0 Å². The van der Waals surface area contributed by atoms with Gasteiger partial charge in [0.15, 0.2) is 4.34 Å². The number of H-pyrrole nitrogens is 1. The van der Waals surface area contributed by atoms with Crippen molar-refractivity contribution < 1.29 is 0 Å². The molecule has 17 heavy (non-hydrogen) atoms. The molecule has 0 fully saturated rings. The van der Waals surface area contributed by atoms with Gasteiger partial charge in [0.1, 0.15) is 11.3 Å². The number of hydrogen-bond donors (Lipinski definition) is 1. The number of benzene rings is 1. The third-order valence-electron chi connectivity index (χ3n) is 2.17. The van der Waals surface area contributed by atoms with Crippen molar-refractivity contribution in [2.45, 2.75) is 10.1 Å². The van der Waals surface area contributed by atoms with Crippen LogP contribution in [0.15, 0.2) is 32.5 Å². The summed E-state index contributed by atoms with van der Waals surface area (Å²) in [5, 5.41) is 7.78.